The van der Waals surface area contributed by atoms with Gasteiger partial charge in [-0.05, 0) is 6.42 Å². The second-order valence-corrected chi connectivity index (χ2v) is 5.18. The van der Waals surface area contributed by atoms with Crippen molar-refractivity contribution in [1.29, 1.82) is 0 Å². The summed E-state index contributed by atoms with van der Waals surface area (Å²) in [6, 6.07) is 0.137. The topological polar surface area (TPSA) is 71.0 Å². The third kappa shape index (κ3) is 2.70. The normalized spacial score (nSPS) is 18.5. The minimum atomic E-state index is -0.168. The zero-order valence-electron chi connectivity index (χ0n) is 10.2. The van der Waals surface area contributed by atoms with E-state index >= 15 is 0 Å². The smallest absolute Gasteiger partial charge is 0.271 e. The van der Waals surface area contributed by atoms with E-state index in [0.29, 0.717) is 5.69 Å². The molecule has 0 aromatic carbocycles. The first-order valence-corrected chi connectivity index (χ1v) is 6.92. The van der Waals surface area contributed by atoms with Crippen molar-refractivity contribution in [3.63, 3.8) is 0 Å². The van der Waals surface area contributed by atoms with Crippen LogP contribution in [0.2, 0.25) is 0 Å². The lowest BCUT2D eigenvalue weighted by molar-refractivity contribution is 0.0935. The molecule has 19 heavy (non-hydrogen) atoms. The Hall–Kier alpha value is -2.02. The number of hydrogen-bond donors (Lipinski definition) is 1. The van der Waals surface area contributed by atoms with Gasteiger partial charge in [-0.25, -0.2) is 9.97 Å². The lowest BCUT2D eigenvalue weighted by Gasteiger charge is -2.15. The monoisotopic (exact) mass is 275 g/mol. The largest absolute Gasteiger partial charge is 0.346 e. The zero-order chi connectivity index (χ0) is 13.1. The fourth-order valence-electron chi connectivity index (χ4n) is 2.10. The summed E-state index contributed by atoms with van der Waals surface area (Å²) in [5, 5.41) is 5.95. The van der Waals surface area contributed by atoms with Crippen LogP contribution in [-0.2, 0) is 0 Å². The van der Waals surface area contributed by atoms with Gasteiger partial charge in [0.2, 0.25) is 0 Å². The average Bonchev–Trinajstić information content (AvgIpc) is 3.10. The number of anilines is 1. The highest BCUT2D eigenvalue weighted by Crippen LogP contribution is 2.22. The molecule has 1 aliphatic rings. The van der Waals surface area contributed by atoms with Crippen molar-refractivity contribution in [1.82, 2.24) is 20.3 Å². The van der Waals surface area contributed by atoms with E-state index in [1.807, 2.05) is 5.38 Å². The number of nitrogens with one attached hydrogen (secondary N) is 1. The summed E-state index contributed by atoms with van der Waals surface area (Å²) in [7, 11) is 0. The molecule has 3 rings (SSSR count). The summed E-state index contributed by atoms with van der Waals surface area (Å²) in [5.41, 5.74) is 0.357. The number of rotatable bonds is 3. The highest BCUT2D eigenvalue weighted by Gasteiger charge is 2.25. The Kier molecular flexibility index (Phi) is 3.37. The minimum Gasteiger partial charge on any atom is -0.346 e. The Labute approximate surface area is 114 Å². The van der Waals surface area contributed by atoms with E-state index in [0.717, 1.165) is 24.6 Å². The highest BCUT2D eigenvalue weighted by atomic mass is 32.1. The van der Waals surface area contributed by atoms with Crippen molar-refractivity contribution in [3.8, 4) is 0 Å². The average molecular weight is 275 g/mol. The van der Waals surface area contributed by atoms with E-state index in [1.165, 1.54) is 12.4 Å². The van der Waals surface area contributed by atoms with Crippen LogP contribution in [0.5, 0.6) is 0 Å². The standard InChI is InChI=1S/C12H13N5OS/c18-11(10-7-13-2-3-14-10)16-9-1-5-17(8-9)12-15-4-6-19-12/h2-4,6-7,9H,1,5,8H2,(H,16,18). The van der Waals surface area contributed by atoms with Crippen LogP contribution in [-0.4, -0.2) is 40.0 Å². The van der Waals surface area contributed by atoms with Gasteiger partial charge in [0, 0.05) is 43.1 Å². The number of amides is 1. The second-order valence-electron chi connectivity index (χ2n) is 4.31. The predicted molar refractivity (Wildman–Crippen MR) is 72.2 cm³/mol. The molecule has 1 amide bonds. The molecular weight excluding hydrogens is 262 g/mol. The van der Waals surface area contributed by atoms with Gasteiger partial charge in [0.05, 0.1) is 6.20 Å². The number of carbonyl (C=O) groups is 1. The van der Waals surface area contributed by atoms with Gasteiger partial charge in [-0.1, -0.05) is 0 Å². The summed E-state index contributed by atoms with van der Waals surface area (Å²) >= 11 is 1.62. The van der Waals surface area contributed by atoms with Gasteiger partial charge in [0.1, 0.15) is 5.69 Å². The van der Waals surface area contributed by atoms with E-state index in [4.69, 9.17) is 0 Å². The lowest BCUT2D eigenvalue weighted by atomic mass is 10.2. The van der Waals surface area contributed by atoms with Crippen LogP contribution in [0.15, 0.2) is 30.2 Å². The summed E-state index contributed by atoms with van der Waals surface area (Å²) in [6.07, 6.45) is 7.27. The Morgan fingerprint density at radius 2 is 2.32 bits per heavy atom. The van der Waals surface area contributed by atoms with Gasteiger partial charge in [-0.15, -0.1) is 11.3 Å². The van der Waals surface area contributed by atoms with Crippen LogP contribution < -0.4 is 10.2 Å². The summed E-state index contributed by atoms with van der Waals surface area (Å²) in [5.74, 6) is -0.168. The van der Waals surface area contributed by atoms with Crippen LogP contribution in [0.25, 0.3) is 0 Å². The van der Waals surface area contributed by atoms with E-state index in [2.05, 4.69) is 25.2 Å². The first kappa shape index (κ1) is 12.0. The first-order chi connectivity index (χ1) is 9.33. The van der Waals surface area contributed by atoms with Gasteiger partial charge in [-0.3, -0.25) is 9.78 Å². The number of carbonyl (C=O) groups excluding carboxylic acids is 1. The predicted octanol–water partition coefficient (Wildman–Crippen LogP) is 0.942. The molecule has 1 aliphatic heterocycles. The van der Waals surface area contributed by atoms with Crippen LogP contribution in [0.4, 0.5) is 5.13 Å². The van der Waals surface area contributed by atoms with Crippen molar-refractivity contribution in [2.45, 2.75) is 12.5 Å². The molecular formula is C12H13N5OS. The number of nitrogens with zero attached hydrogens (tertiary/aromatic N) is 4. The van der Waals surface area contributed by atoms with Gasteiger partial charge in [0.15, 0.2) is 5.13 Å². The highest BCUT2D eigenvalue weighted by molar-refractivity contribution is 7.13. The molecule has 0 saturated carbocycles. The summed E-state index contributed by atoms with van der Waals surface area (Å²) < 4.78 is 0. The molecule has 2 aromatic heterocycles. The van der Waals surface area contributed by atoms with E-state index in [1.54, 1.807) is 23.7 Å². The SMILES string of the molecule is O=C(NC1CCN(c2nccs2)C1)c1cnccn1. The zero-order valence-corrected chi connectivity index (χ0v) is 11.0. The van der Waals surface area contributed by atoms with E-state index in [-0.39, 0.29) is 11.9 Å². The van der Waals surface area contributed by atoms with E-state index < -0.39 is 0 Å². The van der Waals surface area contributed by atoms with E-state index in [9.17, 15) is 4.79 Å². The van der Waals surface area contributed by atoms with Crippen molar-refractivity contribution in [2.75, 3.05) is 18.0 Å². The molecule has 0 aliphatic carbocycles. The Morgan fingerprint density at radius 1 is 1.37 bits per heavy atom. The third-order valence-corrected chi connectivity index (χ3v) is 3.84. The maximum absolute atomic E-state index is 11.9. The molecule has 0 radical (unpaired) electrons. The molecule has 0 bridgehead atoms. The van der Waals surface area contributed by atoms with Crippen molar-refractivity contribution >= 4 is 22.4 Å². The Bertz CT molecular complexity index is 545. The molecule has 1 fully saturated rings. The van der Waals surface area contributed by atoms with Crippen LogP contribution in [0.1, 0.15) is 16.9 Å². The fraction of sp³-hybridized carbons (Fsp3) is 0.333. The summed E-state index contributed by atoms with van der Waals surface area (Å²) in [6.45, 7) is 1.71. The van der Waals surface area contributed by atoms with Gasteiger partial charge < -0.3 is 10.2 Å². The third-order valence-electron chi connectivity index (χ3n) is 3.01. The molecule has 98 valence electrons. The van der Waals surface area contributed by atoms with Gasteiger partial charge in [0.25, 0.3) is 5.91 Å². The first-order valence-electron chi connectivity index (χ1n) is 6.04. The maximum atomic E-state index is 11.9. The van der Waals surface area contributed by atoms with Crippen molar-refractivity contribution < 1.29 is 4.79 Å². The van der Waals surface area contributed by atoms with Crippen molar-refractivity contribution in [3.05, 3.63) is 35.9 Å². The maximum Gasteiger partial charge on any atom is 0.271 e. The van der Waals surface area contributed by atoms with Gasteiger partial charge in [-0.2, -0.15) is 0 Å². The number of thiazole rings is 1. The Morgan fingerprint density at radius 3 is 3.05 bits per heavy atom. The van der Waals surface area contributed by atoms with Crippen LogP contribution in [0.3, 0.4) is 0 Å². The molecule has 1 atom stereocenters. The molecule has 3 heterocycles. The fourth-order valence-corrected chi connectivity index (χ4v) is 2.78. The number of aromatic nitrogens is 3. The molecule has 7 heteroatoms. The molecule has 1 unspecified atom stereocenters. The quantitative estimate of drug-likeness (QED) is 0.902. The van der Waals surface area contributed by atoms with Crippen molar-refractivity contribution in [2.24, 2.45) is 0 Å². The van der Waals surface area contributed by atoms with Crippen LogP contribution >= 0.6 is 11.3 Å². The molecule has 0 spiro atoms. The summed E-state index contributed by atoms with van der Waals surface area (Å²) in [4.78, 5) is 26.3. The second kappa shape index (κ2) is 5.31. The minimum absolute atomic E-state index is 0.137. The Balaban J connectivity index is 1.59. The molecule has 1 saturated heterocycles. The number of hydrogen-bond acceptors (Lipinski definition) is 6. The molecule has 2 aromatic rings. The lowest BCUT2D eigenvalue weighted by Crippen LogP contribution is -2.37. The van der Waals surface area contributed by atoms with Crippen LogP contribution in [0, 0.1) is 0 Å². The van der Waals surface area contributed by atoms with Gasteiger partial charge >= 0.3 is 0 Å². The molecule has 6 nitrogen and oxygen atoms in total. The molecule has 1 N–H and O–H groups in total.